The van der Waals surface area contributed by atoms with Crippen molar-refractivity contribution >= 4 is 23.7 Å². The van der Waals surface area contributed by atoms with Crippen LogP contribution in [-0.2, 0) is 30.3 Å². The van der Waals surface area contributed by atoms with Gasteiger partial charge in [0.1, 0.15) is 30.1 Å². The zero-order valence-corrected chi connectivity index (χ0v) is 22.6. The van der Waals surface area contributed by atoms with Crippen LogP contribution < -0.4 is 4.74 Å². The summed E-state index contributed by atoms with van der Waals surface area (Å²) in [5.41, 5.74) is 0.775. The number of carbonyl (C=O) groups is 3. The highest BCUT2D eigenvalue weighted by molar-refractivity contribution is 5.87. The third kappa shape index (κ3) is 8.01. The average Bonchev–Trinajstić information content (AvgIpc) is 3.57. The lowest BCUT2D eigenvalue weighted by atomic mass is 10.1. The molecule has 1 amide bonds. The van der Waals surface area contributed by atoms with Gasteiger partial charge in [-0.05, 0) is 40.9 Å². The number of hydrogen-bond donors (Lipinski definition) is 0. The van der Waals surface area contributed by atoms with Crippen LogP contribution in [-0.4, -0.2) is 69.6 Å². The second-order valence-electron chi connectivity index (χ2n) is 9.43. The number of methoxy groups -OCH3 is 1. The summed E-state index contributed by atoms with van der Waals surface area (Å²) in [4.78, 5) is 54.0. The predicted octanol–water partition coefficient (Wildman–Crippen LogP) is 3.63. The zero-order chi connectivity index (χ0) is 28.4. The molecule has 3 rings (SSSR count). The van der Waals surface area contributed by atoms with Crippen molar-refractivity contribution in [1.29, 1.82) is 0 Å². The van der Waals surface area contributed by atoms with Crippen LogP contribution in [0.25, 0.3) is 0 Å². The monoisotopic (exact) mass is 544 g/mol. The van der Waals surface area contributed by atoms with Gasteiger partial charge in [0.25, 0.3) is 0 Å². The Balaban J connectivity index is 1.76. The van der Waals surface area contributed by atoms with Crippen molar-refractivity contribution in [1.82, 2.24) is 14.5 Å². The molecule has 1 aromatic heterocycles. The molecule has 1 aliphatic heterocycles. The number of amides is 1. The number of esters is 2. The van der Waals surface area contributed by atoms with E-state index in [2.05, 4.69) is 11.9 Å². The summed E-state index contributed by atoms with van der Waals surface area (Å²) >= 11 is 0. The summed E-state index contributed by atoms with van der Waals surface area (Å²) in [7, 11) is 1.27. The van der Waals surface area contributed by atoms with E-state index >= 15 is 0 Å². The second-order valence-corrected chi connectivity index (χ2v) is 9.43. The Bertz CT molecular complexity index is 1130. The molecular weight excluding hydrogens is 508 g/mol. The van der Waals surface area contributed by atoms with Gasteiger partial charge in [0, 0.05) is 6.42 Å². The Kier molecular flexibility index (Phi) is 10.8. The molecular formula is C27H36N4O8. The van der Waals surface area contributed by atoms with E-state index in [0.717, 1.165) is 31.2 Å². The minimum Gasteiger partial charge on any atom is -0.488 e. The van der Waals surface area contributed by atoms with Gasteiger partial charge in [0.2, 0.25) is 12.2 Å². The van der Waals surface area contributed by atoms with Gasteiger partial charge >= 0.3 is 17.8 Å². The third-order valence-corrected chi connectivity index (χ3v) is 6.65. The maximum absolute atomic E-state index is 13.8. The summed E-state index contributed by atoms with van der Waals surface area (Å²) in [6, 6.07) is 5.38. The van der Waals surface area contributed by atoms with E-state index in [1.54, 1.807) is 31.2 Å². The lowest BCUT2D eigenvalue weighted by Crippen LogP contribution is -2.44. The first-order valence-corrected chi connectivity index (χ1v) is 13.2. The van der Waals surface area contributed by atoms with Gasteiger partial charge in [-0.15, -0.1) is 0 Å². The third-order valence-electron chi connectivity index (χ3n) is 6.65. The lowest BCUT2D eigenvalue weighted by Gasteiger charge is -2.27. The van der Waals surface area contributed by atoms with Crippen LogP contribution in [0.1, 0.15) is 64.0 Å². The summed E-state index contributed by atoms with van der Waals surface area (Å²) < 4.78 is 17.5. The fourth-order valence-corrected chi connectivity index (χ4v) is 4.69. The fraction of sp³-hybridized carbons (Fsp3) is 0.556. The van der Waals surface area contributed by atoms with Gasteiger partial charge in [-0.3, -0.25) is 14.2 Å². The highest BCUT2D eigenvalue weighted by Gasteiger charge is 2.44. The molecule has 0 aliphatic carbocycles. The quantitative estimate of drug-likeness (QED) is 0.151. The van der Waals surface area contributed by atoms with Crippen LogP contribution in [0.5, 0.6) is 5.75 Å². The number of unbranched alkanes of at least 4 members (excludes halogenated alkanes) is 3. The first kappa shape index (κ1) is 29.6. The van der Waals surface area contributed by atoms with Crippen LogP contribution in [0.2, 0.25) is 0 Å². The van der Waals surface area contributed by atoms with Gasteiger partial charge in [-0.1, -0.05) is 44.7 Å². The van der Waals surface area contributed by atoms with Crippen LogP contribution in [0.15, 0.2) is 36.8 Å². The number of aromatic nitrogens is 2. The normalized spacial score (nSPS) is 17.5. The van der Waals surface area contributed by atoms with Gasteiger partial charge in [0.15, 0.2) is 0 Å². The number of rotatable bonds is 14. The molecule has 2 heterocycles. The molecule has 0 unspecified atom stereocenters. The highest BCUT2D eigenvalue weighted by Crippen LogP contribution is 2.29. The van der Waals surface area contributed by atoms with Crippen LogP contribution in [0.3, 0.4) is 0 Å². The summed E-state index contributed by atoms with van der Waals surface area (Å²) in [5.74, 6) is -1.03. The number of ether oxygens (including phenoxy) is 3. The number of nitrogens with zero attached hydrogens (tertiary/aromatic N) is 4. The summed E-state index contributed by atoms with van der Waals surface area (Å²) in [6.45, 7) is 4.29. The van der Waals surface area contributed by atoms with Gasteiger partial charge in [0.05, 0.1) is 26.7 Å². The van der Waals surface area contributed by atoms with E-state index in [4.69, 9.17) is 14.2 Å². The van der Waals surface area contributed by atoms with Crippen LogP contribution in [0.4, 0.5) is 5.82 Å². The van der Waals surface area contributed by atoms with E-state index in [1.807, 2.05) is 0 Å². The van der Waals surface area contributed by atoms with E-state index in [9.17, 15) is 24.5 Å². The van der Waals surface area contributed by atoms with Crippen molar-refractivity contribution in [3.05, 3.63) is 52.5 Å². The molecule has 39 heavy (non-hydrogen) atoms. The van der Waals surface area contributed by atoms with Crippen molar-refractivity contribution in [2.75, 3.05) is 20.3 Å². The van der Waals surface area contributed by atoms with Gasteiger partial charge in [-0.2, -0.15) is 0 Å². The zero-order valence-electron chi connectivity index (χ0n) is 22.6. The van der Waals surface area contributed by atoms with Gasteiger partial charge < -0.3 is 29.2 Å². The first-order valence-electron chi connectivity index (χ1n) is 13.2. The molecule has 212 valence electrons. The smallest absolute Gasteiger partial charge is 0.381 e. The Hall–Kier alpha value is -3.96. The van der Waals surface area contributed by atoms with Crippen LogP contribution in [0, 0.1) is 10.1 Å². The first-order chi connectivity index (χ1) is 18.8. The number of nitro groups is 1. The largest absolute Gasteiger partial charge is 0.488 e. The number of likely N-dealkylation sites (tertiary alicyclic amines) is 1. The number of benzene rings is 1. The van der Waals surface area contributed by atoms with E-state index in [0.29, 0.717) is 18.8 Å². The maximum atomic E-state index is 13.8. The Labute approximate surface area is 227 Å². The number of carbonyl (C=O) groups excluding carboxylic acids is 3. The Morgan fingerprint density at radius 3 is 2.51 bits per heavy atom. The molecule has 3 atom stereocenters. The van der Waals surface area contributed by atoms with Crippen molar-refractivity contribution in [3.63, 3.8) is 0 Å². The molecule has 0 spiro atoms. The maximum Gasteiger partial charge on any atom is 0.381 e. The molecule has 0 N–H and O–H groups in total. The van der Waals surface area contributed by atoms with Crippen molar-refractivity contribution in [2.24, 2.45) is 0 Å². The second kappa shape index (κ2) is 14.3. The Morgan fingerprint density at radius 1 is 1.15 bits per heavy atom. The van der Waals surface area contributed by atoms with Crippen molar-refractivity contribution in [3.8, 4) is 5.75 Å². The Morgan fingerprint density at radius 2 is 1.90 bits per heavy atom. The number of imidazole rings is 1. The van der Waals surface area contributed by atoms with E-state index in [1.165, 1.54) is 29.1 Å². The topological polar surface area (TPSA) is 143 Å². The molecule has 12 heteroatoms. The summed E-state index contributed by atoms with van der Waals surface area (Å²) in [5, 5.41) is 11.2. The van der Waals surface area contributed by atoms with Crippen molar-refractivity contribution in [2.45, 2.75) is 77.0 Å². The van der Waals surface area contributed by atoms with Crippen LogP contribution >= 0.6 is 0 Å². The molecule has 1 aromatic carbocycles. The fourth-order valence-electron chi connectivity index (χ4n) is 4.69. The standard InChI is InChI=1S/C27H36N4O8/c1-4-6-7-8-9-22(29-17-24(28-18-29)31(35)36)26(33)30-16-21(15-23(30)27(34)37-3)39-20-12-10-19(11-13-20)14-25(32)38-5-2/h10-13,17-18,21-23H,4-9,14-16H2,1-3H3/t21-,22-,23-/m0/s1. The highest BCUT2D eigenvalue weighted by atomic mass is 16.6. The minimum atomic E-state index is -0.854. The SMILES string of the molecule is CCCCCC[C@@H](C(=O)N1C[C@@H](Oc2ccc(CC(=O)OCC)cc2)C[C@H]1C(=O)OC)n1cnc([N+](=O)[O-])c1. The molecule has 0 bridgehead atoms. The minimum absolute atomic E-state index is 0.144. The number of hydrogen-bond acceptors (Lipinski definition) is 9. The molecule has 12 nitrogen and oxygen atoms in total. The van der Waals surface area contributed by atoms with Gasteiger partial charge in [-0.25, -0.2) is 4.79 Å². The molecule has 2 aromatic rings. The molecule has 1 saturated heterocycles. The average molecular weight is 545 g/mol. The molecule has 0 radical (unpaired) electrons. The molecule has 1 fully saturated rings. The van der Waals surface area contributed by atoms with E-state index < -0.39 is 29.1 Å². The predicted molar refractivity (Wildman–Crippen MR) is 140 cm³/mol. The molecule has 1 aliphatic rings. The van der Waals surface area contributed by atoms with Crippen molar-refractivity contribution < 1.29 is 33.5 Å². The summed E-state index contributed by atoms with van der Waals surface area (Å²) in [6.07, 6.45) is 6.57. The lowest BCUT2D eigenvalue weighted by molar-refractivity contribution is -0.389. The van der Waals surface area contributed by atoms with E-state index in [-0.39, 0.29) is 37.1 Å². The molecule has 0 saturated carbocycles.